The summed E-state index contributed by atoms with van der Waals surface area (Å²) in [4.78, 5) is 18.3. The Morgan fingerprint density at radius 1 is 1.55 bits per heavy atom. The third-order valence-electron chi connectivity index (χ3n) is 2.94. The van der Waals surface area contributed by atoms with Crippen LogP contribution in [0.25, 0.3) is 0 Å². The summed E-state index contributed by atoms with van der Waals surface area (Å²) < 4.78 is 11.9. The molecule has 6 heteroatoms. The summed E-state index contributed by atoms with van der Waals surface area (Å²) in [6, 6.07) is -0.104. The Kier molecular flexibility index (Phi) is 3.95. The average molecular weight is 343 g/mol. The number of halogens is 1. The molecule has 5 nitrogen and oxygen atoms in total. The quantitative estimate of drug-likeness (QED) is 0.721. The Hall–Kier alpha value is -1.30. The van der Waals surface area contributed by atoms with Crippen molar-refractivity contribution in [2.45, 2.75) is 46.3 Å². The summed E-state index contributed by atoms with van der Waals surface area (Å²) in [6.45, 7) is 9.80. The van der Waals surface area contributed by atoms with E-state index in [9.17, 15) is 4.79 Å². The third kappa shape index (κ3) is 2.90. The van der Waals surface area contributed by atoms with Crippen molar-refractivity contribution in [2.75, 3.05) is 11.5 Å². The van der Waals surface area contributed by atoms with Gasteiger partial charge in [-0.05, 0) is 56.1 Å². The number of carbonyl (C=O) groups is 1. The van der Waals surface area contributed by atoms with E-state index in [2.05, 4.69) is 20.9 Å². The minimum Gasteiger partial charge on any atom is -0.474 e. The van der Waals surface area contributed by atoms with Crippen LogP contribution in [0.1, 0.15) is 33.3 Å². The molecule has 1 aromatic heterocycles. The molecule has 110 valence electrons. The summed E-state index contributed by atoms with van der Waals surface area (Å²) >= 11 is 3.44. The molecule has 0 saturated heterocycles. The zero-order valence-electron chi connectivity index (χ0n) is 12.4. The molecule has 0 radical (unpaired) electrons. The van der Waals surface area contributed by atoms with E-state index in [1.165, 1.54) is 0 Å². The number of hydrogen-bond donors (Lipinski definition) is 0. The third-order valence-corrected chi connectivity index (χ3v) is 3.74. The Balaban J connectivity index is 2.44. The first-order valence-corrected chi connectivity index (χ1v) is 7.30. The first kappa shape index (κ1) is 15.1. The van der Waals surface area contributed by atoms with Gasteiger partial charge in [0.2, 0.25) is 5.88 Å². The summed E-state index contributed by atoms with van der Waals surface area (Å²) in [5, 5.41) is 0. The zero-order valence-corrected chi connectivity index (χ0v) is 13.9. The predicted octanol–water partition coefficient (Wildman–Crippen LogP) is 3.67. The van der Waals surface area contributed by atoms with E-state index in [-0.39, 0.29) is 12.1 Å². The Labute approximate surface area is 127 Å². The second kappa shape index (κ2) is 5.24. The molecule has 0 bridgehead atoms. The van der Waals surface area contributed by atoms with Gasteiger partial charge in [0.15, 0.2) is 0 Å². The van der Waals surface area contributed by atoms with Crippen LogP contribution in [0, 0.1) is 6.92 Å². The van der Waals surface area contributed by atoms with Gasteiger partial charge < -0.3 is 9.47 Å². The number of amides is 1. The van der Waals surface area contributed by atoms with E-state index in [1.54, 1.807) is 11.1 Å². The summed E-state index contributed by atoms with van der Waals surface area (Å²) in [5.41, 5.74) is 1.04. The van der Waals surface area contributed by atoms with Crippen molar-refractivity contribution < 1.29 is 14.3 Å². The molecule has 1 amide bonds. The molecule has 0 spiro atoms. The van der Waals surface area contributed by atoms with Crippen LogP contribution in [0.4, 0.5) is 10.5 Å². The number of aromatic nitrogens is 1. The highest BCUT2D eigenvalue weighted by atomic mass is 79.9. The largest absolute Gasteiger partial charge is 0.474 e. The SMILES string of the molecule is Cc1c(Br)cnc2c1N(C(=O)OC(C)(C)C)C(C)CO2. The minimum atomic E-state index is -0.539. The van der Waals surface area contributed by atoms with Crippen LogP contribution in [0.2, 0.25) is 0 Å². The van der Waals surface area contributed by atoms with Crippen molar-refractivity contribution in [1.82, 2.24) is 4.98 Å². The van der Waals surface area contributed by atoms with Gasteiger partial charge in [-0.2, -0.15) is 0 Å². The molecule has 1 aliphatic rings. The maximum absolute atomic E-state index is 12.5. The standard InChI is InChI=1S/C14H19BrN2O3/c1-8-7-19-12-11(9(2)10(15)6-16-12)17(8)13(18)20-14(3,4)5/h6,8H,7H2,1-5H3. The lowest BCUT2D eigenvalue weighted by atomic mass is 10.1. The van der Waals surface area contributed by atoms with Gasteiger partial charge in [-0.3, -0.25) is 4.90 Å². The number of fused-ring (bicyclic) bond motifs is 1. The van der Waals surface area contributed by atoms with Crippen LogP contribution in [0.3, 0.4) is 0 Å². The highest BCUT2D eigenvalue weighted by Crippen LogP contribution is 2.38. The van der Waals surface area contributed by atoms with Crippen molar-refractivity contribution in [1.29, 1.82) is 0 Å². The molecular formula is C14H19BrN2O3. The predicted molar refractivity (Wildman–Crippen MR) is 80.3 cm³/mol. The molecule has 20 heavy (non-hydrogen) atoms. The monoisotopic (exact) mass is 342 g/mol. The number of rotatable bonds is 0. The van der Waals surface area contributed by atoms with Crippen LogP contribution >= 0.6 is 15.9 Å². The fourth-order valence-electron chi connectivity index (χ4n) is 2.01. The number of pyridine rings is 1. The van der Waals surface area contributed by atoms with Crippen LogP contribution in [0.5, 0.6) is 5.88 Å². The van der Waals surface area contributed by atoms with Gasteiger partial charge in [0.05, 0.1) is 6.04 Å². The second-order valence-corrected chi connectivity index (χ2v) is 6.75. The van der Waals surface area contributed by atoms with Crippen LogP contribution in [-0.4, -0.2) is 29.3 Å². The van der Waals surface area contributed by atoms with E-state index in [1.807, 2.05) is 34.6 Å². The van der Waals surface area contributed by atoms with E-state index in [0.29, 0.717) is 18.2 Å². The molecule has 0 aliphatic carbocycles. The first-order chi connectivity index (χ1) is 9.20. The van der Waals surface area contributed by atoms with Crippen molar-refractivity contribution in [3.8, 4) is 5.88 Å². The lowest BCUT2D eigenvalue weighted by Gasteiger charge is -2.36. The van der Waals surface area contributed by atoms with Crippen molar-refractivity contribution in [2.24, 2.45) is 0 Å². The van der Waals surface area contributed by atoms with Gasteiger partial charge in [-0.15, -0.1) is 0 Å². The van der Waals surface area contributed by atoms with Crippen LogP contribution < -0.4 is 9.64 Å². The molecule has 1 atom stereocenters. The topological polar surface area (TPSA) is 51.7 Å². The first-order valence-electron chi connectivity index (χ1n) is 6.51. The number of carbonyl (C=O) groups excluding carboxylic acids is 1. The van der Waals surface area contributed by atoms with Gasteiger partial charge in [-0.25, -0.2) is 9.78 Å². The molecule has 2 heterocycles. The van der Waals surface area contributed by atoms with Crippen molar-refractivity contribution >= 4 is 27.7 Å². The summed E-state index contributed by atoms with van der Waals surface area (Å²) in [5.74, 6) is 0.467. The molecule has 1 unspecified atom stereocenters. The van der Waals surface area contributed by atoms with Gasteiger partial charge in [0, 0.05) is 10.7 Å². The number of anilines is 1. The normalized spacial score (nSPS) is 18.3. The molecule has 0 aromatic carbocycles. The molecule has 0 saturated carbocycles. The fourth-order valence-corrected chi connectivity index (χ4v) is 2.30. The average Bonchev–Trinajstić information content (AvgIpc) is 2.32. The van der Waals surface area contributed by atoms with Gasteiger partial charge in [-0.1, -0.05) is 0 Å². The molecule has 0 fully saturated rings. The van der Waals surface area contributed by atoms with E-state index < -0.39 is 5.60 Å². The van der Waals surface area contributed by atoms with Gasteiger partial charge in [0.25, 0.3) is 0 Å². The van der Waals surface area contributed by atoms with E-state index in [4.69, 9.17) is 9.47 Å². The molecule has 0 N–H and O–H groups in total. The van der Waals surface area contributed by atoms with Gasteiger partial charge >= 0.3 is 6.09 Å². The lowest BCUT2D eigenvalue weighted by molar-refractivity contribution is 0.0546. The van der Waals surface area contributed by atoms with Gasteiger partial charge in [0.1, 0.15) is 17.9 Å². The lowest BCUT2D eigenvalue weighted by Crippen LogP contribution is -2.47. The highest BCUT2D eigenvalue weighted by Gasteiger charge is 2.35. The maximum Gasteiger partial charge on any atom is 0.415 e. The molecule has 2 rings (SSSR count). The molecule has 1 aliphatic heterocycles. The summed E-state index contributed by atoms with van der Waals surface area (Å²) in [6.07, 6.45) is 1.30. The Bertz CT molecular complexity index is 540. The minimum absolute atomic E-state index is 0.104. The molecular weight excluding hydrogens is 324 g/mol. The van der Waals surface area contributed by atoms with Crippen molar-refractivity contribution in [3.63, 3.8) is 0 Å². The highest BCUT2D eigenvalue weighted by molar-refractivity contribution is 9.10. The maximum atomic E-state index is 12.5. The number of nitrogens with zero attached hydrogens (tertiary/aromatic N) is 2. The molecule has 1 aromatic rings. The van der Waals surface area contributed by atoms with Crippen LogP contribution in [0.15, 0.2) is 10.7 Å². The van der Waals surface area contributed by atoms with Crippen molar-refractivity contribution in [3.05, 3.63) is 16.2 Å². The smallest absolute Gasteiger partial charge is 0.415 e. The van der Waals surface area contributed by atoms with E-state index in [0.717, 1.165) is 10.0 Å². The van der Waals surface area contributed by atoms with E-state index >= 15 is 0 Å². The zero-order chi connectivity index (χ0) is 15.1. The Morgan fingerprint density at radius 2 is 2.20 bits per heavy atom. The number of hydrogen-bond acceptors (Lipinski definition) is 4. The Morgan fingerprint density at radius 3 is 2.80 bits per heavy atom. The second-order valence-electron chi connectivity index (χ2n) is 5.90. The van der Waals surface area contributed by atoms with Crippen LogP contribution in [-0.2, 0) is 4.74 Å². The summed E-state index contributed by atoms with van der Waals surface area (Å²) in [7, 11) is 0. The fraction of sp³-hybridized carbons (Fsp3) is 0.571. The number of ether oxygens (including phenoxy) is 2.